The molecule has 1 aromatic carbocycles. The average molecular weight is 438 g/mol. The van der Waals surface area contributed by atoms with Gasteiger partial charge in [-0.15, -0.1) is 0 Å². The Morgan fingerprint density at radius 1 is 1.28 bits per heavy atom. The van der Waals surface area contributed by atoms with E-state index in [2.05, 4.69) is 15.9 Å². The lowest BCUT2D eigenvalue weighted by molar-refractivity contribution is -0.122. The summed E-state index contributed by atoms with van der Waals surface area (Å²) in [5, 5.41) is 0. The van der Waals surface area contributed by atoms with Crippen LogP contribution >= 0.6 is 39.9 Å². The predicted octanol–water partition coefficient (Wildman–Crippen LogP) is 4.95. The van der Waals surface area contributed by atoms with E-state index in [1.54, 1.807) is 18.1 Å². The van der Waals surface area contributed by atoms with Crippen molar-refractivity contribution in [2.45, 2.75) is 6.42 Å². The van der Waals surface area contributed by atoms with Crippen molar-refractivity contribution >= 4 is 56.2 Å². The molecule has 25 heavy (non-hydrogen) atoms. The number of carbonyl (C=O) groups is 1. The van der Waals surface area contributed by atoms with Crippen LogP contribution < -0.4 is 0 Å². The second-order valence-corrected chi connectivity index (χ2v) is 7.98. The third-order valence-corrected chi connectivity index (χ3v) is 5.54. The van der Waals surface area contributed by atoms with Crippen LogP contribution in [-0.2, 0) is 9.53 Å². The molecule has 1 amide bonds. The Hall–Kier alpha value is -1.41. The number of carbonyl (C=O) groups excluding carboxylic acids is 1. The fourth-order valence-corrected chi connectivity index (χ4v) is 3.94. The van der Waals surface area contributed by atoms with Gasteiger partial charge in [0.25, 0.3) is 5.91 Å². The predicted molar refractivity (Wildman–Crippen MR) is 108 cm³/mol. The Kier molecular flexibility index (Phi) is 6.11. The first-order chi connectivity index (χ1) is 12.1. The SMILES string of the molecule is COCCCN1C(=O)C(=Cc2ccc(-c3ccc(Br)cc3)o2)SC1=S. The lowest BCUT2D eigenvalue weighted by Gasteiger charge is -2.13. The Morgan fingerprint density at radius 3 is 2.76 bits per heavy atom. The number of ether oxygens (including phenoxy) is 1. The summed E-state index contributed by atoms with van der Waals surface area (Å²) in [6, 6.07) is 11.6. The fraction of sp³-hybridized carbons (Fsp3) is 0.222. The number of hydrogen-bond donors (Lipinski definition) is 0. The summed E-state index contributed by atoms with van der Waals surface area (Å²) in [5.74, 6) is 1.32. The molecule has 3 rings (SSSR count). The van der Waals surface area contributed by atoms with Gasteiger partial charge in [-0.25, -0.2) is 0 Å². The average Bonchev–Trinajstić information content (AvgIpc) is 3.16. The molecule has 0 unspecified atom stereocenters. The number of thioether (sulfide) groups is 1. The van der Waals surface area contributed by atoms with Crippen LogP contribution in [0.5, 0.6) is 0 Å². The molecule has 1 aromatic heterocycles. The molecule has 0 bridgehead atoms. The van der Waals surface area contributed by atoms with Gasteiger partial charge in [0, 0.05) is 36.4 Å². The number of nitrogens with zero attached hydrogens (tertiary/aromatic N) is 1. The number of amides is 1. The minimum absolute atomic E-state index is 0.0762. The van der Waals surface area contributed by atoms with Gasteiger partial charge in [0.15, 0.2) is 0 Å². The van der Waals surface area contributed by atoms with E-state index < -0.39 is 0 Å². The van der Waals surface area contributed by atoms with Crippen LogP contribution in [0.4, 0.5) is 0 Å². The molecule has 2 heterocycles. The third-order valence-electron chi connectivity index (χ3n) is 3.63. The highest BCUT2D eigenvalue weighted by Crippen LogP contribution is 2.33. The van der Waals surface area contributed by atoms with Crippen LogP contribution in [0.15, 0.2) is 50.2 Å². The van der Waals surface area contributed by atoms with E-state index in [0.717, 1.165) is 22.2 Å². The van der Waals surface area contributed by atoms with E-state index in [0.29, 0.717) is 28.1 Å². The highest BCUT2D eigenvalue weighted by Gasteiger charge is 2.31. The first-order valence-corrected chi connectivity index (χ1v) is 9.70. The smallest absolute Gasteiger partial charge is 0.266 e. The summed E-state index contributed by atoms with van der Waals surface area (Å²) >= 11 is 10.0. The molecule has 1 aliphatic heterocycles. The maximum absolute atomic E-state index is 12.5. The Bertz CT molecular complexity index is 814. The zero-order valence-corrected chi connectivity index (χ0v) is 16.7. The Labute approximate surface area is 164 Å². The summed E-state index contributed by atoms with van der Waals surface area (Å²) in [4.78, 5) is 14.7. The highest BCUT2D eigenvalue weighted by atomic mass is 79.9. The zero-order chi connectivity index (χ0) is 17.8. The van der Waals surface area contributed by atoms with Crippen molar-refractivity contribution < 1.29 is 13.9 Å². The van der Waals surface area contributed by atoms with E-state index in [4.69, 9.17) is 21.4 Å². The standard InChI is InChI=1S/C18H16BrNO3S2/c1-22-10-2-9-20-17(21)16(25-18(20)24)11-14-7-8-15(23-14)12-3-5-13(19)6-4-12/h3-8,11H,2,9-10H2,1H3. The molecule has 0 saturated carbocycles. The van der Waals surface area contributed by atoms with Crippen LogP contribution in [0, 0.1) is 0 Å². The maximum Gasteiger partial charge on any atom is 0.266 e. The van der Waals surface area contributed by atoms with Gasteiger partial charge in [-0.05, 0) is 30.7 Å². The van der Waals surface area contributed by atoms with E-state index in [9.17, 15) is 4.79 Å². The van der Waals surface area contributed by atoms with Gasteiger partial charge in [0.05, 0.1) is 4.91 Å². The summed E-state index contributed by atoms with van der Waals surface area (Å²) in [6.07, 6.45) is 2.50. The molecular weight excluding hydrogens is 422 g/mol. The van der Waals surface area contributed by atoms with Crippen molar-refractivity contribution in [1.29, 1.82) is 0 Å². The number of methoxy groups -OCH3 is 1. The lowest BCUT2D eigenvalue weighted by Crippen LogP contribution is -2.29. The van der Waals surface area contributed by atoms with E-state index in [-0.39, 0.29) is 5.91 Å². The quantitative estimate of drug-likeness (QED) is 0.363. The third kappa shape index (κ3) is 4.41. The summed E-state index contributed by atoms with van der Waals surface area (Å²) in [6.45, 7) is 1.17. The van der Waals surface area contributed by atoms with Crippen molar-refractivity contribution in [2.75, 3.05) is 20.3 Å². The topological polar surface area (TPSA) is 42.7 Å². The molecule has 4 nitrogen and oxygen atoms in total. The summed E-state index contributed by atoms with van der Waals surface area (Å²) in [5.41, 5.74) is 0.981. The monoisotopic (exact) mass is 437 g/mol. The lowest BCUT2D eigenvalue weighted by atomic mass is 10.2. The molecule has 0 aliphatic carbocycles. The van der Waals surface area contributed by atoms with Gasteiger partial charge in [0.2, 0.25) is 0 Å². The number of furan rings is 1. The molecule has 1 aliphatic rings. The van der Waals surface area contributed by atoms with Gasteiger partial charge >= 0.3 is 0 Å². The second-order valence-electron chi connectivity index (χ2n) is 5.39. The highest BCUT2D eigenvalue weighted by molar-refractivity contribution is 9.10. The summed E-state index contributed by atoms with van der Waals surface area (Å²) in [7, 11) is 1.64. The van der Waals surface area contributed by atoms with Crippen molar-refractivity contribution in [1.82, 2.24) is 4.90 Å². The number of rotatable bonds is 6. The van der Waals surface area contributed by atoms with Gasteiger partial charge in [0.1, 0.15) is 15.8 Å². The molecule has 2 aromatic rings. The van der Waals surface area contributed by atoms with Crippen molar-refractivity contribution in [3.63, 3.8) is 0 Å². The number of halogens is 1. The molecule has 1 fully saturated rings. The van der Waals surface area contributed by atoms with Gasteiger partial charge in [-0.1, -0.05) is 52.0 Å². The van der Waals surface area contributed by atoms with Crippen LogP contribution in [0.3, 0.4) is 0 Å². The molecule has 0 spiro atoms. The minimum Gasteiger partial charge on any atom is -0.457 e. The first-order valence-electron chi connectivity index (χ1n) is 7.68. The zero-order valence-electron chi connectivity index (χ0n) is 13.5. The minimum atomic E-state index is -0.0762. The molecule has 0 radical (unpaired) electrons. The molecule has 0 atom stereocenters. The van der Waals surface area contributed by atoms with Crippen LogP contribution in [-0.4, -0.2) is 35.4 Å². The number of hydrogen-bond acceptors (Lipinski definition) is 5. The van der Waals surface area contributed by atoms with Gasteiger partial charge in [-0.3, -0.25) is 9.69 Å². The van der Waals surface area contributed by atoms with Crippen molar-refractivity contribution in [2.24, 2.45) is 0 Å². The Balaban J connectivity index is 1.74. The fourth-order valence-electron chi connectivity index (χ4n) is 2.39. The summed E-state index contributed by atoms with van der Waals surface area (Å²) < 4.78 is 12.5. The van der Waals surface area contributed by atoms with E-state index in [1.165, 1.54) is 11.8 Å². The van der Waals surface area contributed by atoms with Crippen LogP contribution in [0.1, 0.15) is 12.2 Å². The molecule has 7 heteroatoms. The largest absolute Gasteiger partial charge is 0.457 e. The Morgan fingerprint density at radius 2 is 2.04 bits per heavy atom. The van der Waals surface area contributed by atoms with Crippen LogP contribution in [0.25, 0.3) is 17.4 Å². The van der Waals surface area contributed by atoms with Gasteiger partial charge in [-0.2, -0.15) is 0 Å². The number of benzene rings is 1. The van der Waals surface area contributed by atoms with Gasteiger partial charge < -0.3 is 9.15 Å². The van der Waals surface area contributed by atoms with Crippen molar-refractivity contribution in [3.8, 4) is 11.3 Å². The molecular formula is C18H16BrNO3S2. The van der Waals surface area contributed by atoms with E-state index >= 15 is 0 Å². The van der Waals surface area contributed by atoms with Crippen molar-refractivity contribution in [3.05, 3.63) is 51.5 Å². The second kappa shape index (κ2) is 8.31. The van der Waals surface area contributed by atoms with Crippen LogP contribution in [0.2, 0.25) is 0 Å². The molecule has 1 saturated heterocycles. The molecule has 0 N–H and O–H groups in total. The van der Waals surface area contributed by atoms with E-state index in [1.807, 2.05) is 36.4 Å². The number of thiocarbonyl (C=S) groups is 1. The normalized spacial score (nSPS) is 16.2. The maximum atomic E-state index is 12.5. The first kappa shape index (κ1) is 18.4. The molecule has 130 valence electrons.